The number of carbonyl (C=O) groups is 2. The molecule has 0 spiro atoms. The highest BCUT2D eigenvalue weighted by Gasteiger charge is 2.28. The van der Waals surface area contributed by atoms with Crippen LogP contribution >= 0.6 is 0 Å². The summed E-state index contributed by atoms with van der Waals surface area (Å²) in [6.07, 6.45) is -0.962. The molecule has 3 aromatic rings. The van der Waals surface area contributed by atoms with Crippen LogP contribution in [0.5, 0.6) is 0 Å². The predicted octanol–water partition coefficient (Wildman–Crippen LogP) is 4.57. The molecule has 0 saturated heterocycles. The average molecular weight is 395 g/mol. The molecule has 0 unspecified atom stereocenters. The lowest BCUT2D eigenvalue weighted by Crippen LogP contribution is -2.40. The lowest BCUT2D eigenvalue weighted by Gasteiger charge is -2.24. The Labute approximate surface area is 170 Å². The van der Waals surface area contributed by atoms with Gasteiger partial charge in [0.1, 0.15) is 5.58 Å². The van der Waals surface area contributed by atoms with Crippen molar-refractivity contribution in [2.45, 2.75) is 33.5 Å². The normalized spacial score (nSPS) is 12.0. The largest absolute Gasteiger partial charge is 0.449 e. The second-order valence-electron chi connectivity index (χ2n) is 6.51. The van der Waals surface area contributed by atoms with Crippen molar-refractivity contribution in [2.75, 3.05) is 18.1 Å². The minimum absolute atomic E-state index is 0.0714. The number of amides is 1. The van der Waals surface area contributed by atoms with Crippen molar-refractivity contribution in [3.05, 3.63) is 65.9 Å². The van der Waals surface area contributed by atoms with E-state index in [1.165, 1.54) is 0 Å². The van der Waals surface area contributed by atoms with Gasteiger partial charge in [0.25, 0.3) is 5.91 Å². The van der Waals surface area contributed by atoms with Gasteiger partial charge >= 0.3 is 5.97 Å². The molecule has 1 heterocycles. The lowest BCUT2D eigenvalue weighted by atomic mass is 10.1. The van der Waals surface area contributed by atoms with Crippen molar-refractivity contribution in [1.82, 2.24) is 0 Å². The number of hydrogen-bond acceptors (Lipinski definition) is 5. The fraction of sp³-hybridized carbons (Fsp3) is 0.304. The quantitative estimate of drug-likeness (QED) is 0.523. The number of fused-ring (bicyclic) bond motifs is 1. The Kier molecular flexibility index (Phi) is 6.67. The summed E-state index contributed by atoms with van der Waals surface area (Å²) in [5.74, 6) is -0.905. The molecule has 0 bridgehead atoms. The zero-order valence-corrected chi connectivity index (χ0v) is 16.9. The number of rotatable bonds is 8. The van der Waals surface area contributed by atoms with Crippen molar-refractivity contribution in [2.24, 2.45) is 0 Å². The molecule has 2 aromatic carbocycles. The van der Waals surface area contributed by atoms with Crippen molar-refractivity contribution >= 4 is 28.5 Å². The molecular weight excluding hydrogens is 370 g/mol. The van der Waals surface area contributed by atoms with E-state index in [0.29, 0.717) is 24.3 Å². The van der Waals surface area contributed by atoms with E-state index in [1.807, 2.05) is 62.4 Å². The van der Waals surface area contributed by atoms with Crippen LogP contribution in [0.2, 0.25) is 0 Å². The minimum Gasteiger partial charge on any atom is -0.449 e. The molecule has 0 fully saturated rings. The van der Waals surface area contributed by atoms with E-state index in [9.17, 15) is 9.59 Å². The van der Waals surface area contributed by atoms with Gasteiger partial charge in [-0.25, -0.2) is 4.79 Å². The maximum absolute atomic E-state index is 12.9. The number of esters is 1. The van der Waals surface area contributed by atoms with Gasteiger partial charge < -0.3 is 18.8 Å². The molecule has 0 aliphatic heterocycles. The third-order valence-corrected chi connectivity index (χ3v) is 4.62. The molecule has 6 nitrogen and oxygen atoms in total. The van der Waals surface area contributed by atoms with Crippen LogP contribution in [0.15, 0.2) is 59.0 Å². The van der Waals surface area contributed by atoms with Crippen molar-refractivity contribution < 1.29 is 23.5 Å². The summed E-state index contributed by atoms with van der Waals surface area (Å²) in [4.78, 5) is 27.3. The number of likely N-dealkylation sites (N-methyl/N-ethyl adjacent to an activating group) is 1. The van der Waals surface area contributed by atoms with E-state index in [0.717, 1.165) is 11.1 Å². The molecule has 0 saturated carbocycles. The van der Waals surface area contributed by atoms with Gasteiger partial charge in [-0.15, -0.1) is 0 Å². The summed E-state index contributed by atoms with van der Waals surface area (Å²) in [5.41, 5.74) is 1.96. The van der Waals surface area contributed by atoms with Crippen molar-refractivity contribution in [1.29, 1.82) is 0 Å². The first kappa shape index (κ1) is 20.6. The van der Waals surface area contributed by atoms with Gasteiger partial charge in [0.15, 0.2) is 6.10 Å². The van der Waals surface area contributed by atoms with Gasteiger partial charge in [0.05, 0.1) is 6.61 Å². The summed E-state index contributed by atoms with van der Waals surface area (Å²) < 4.78 is 16.7. The van der Waals surface area contributed by atoms with Crippen molar-refractivity contribution in [3.63, 3.8) is 0 Å². The van der Waals surface area contributed by atoms with Crippen LogP contribution in [0.4, 0.5) is 5.69 Å². The van der Waals surface area contributed by atoms with Gasteiger partial charge in [0, 0.05) is 29.8 Å². The fourth-order valence-corrected chi connectivity index (χ4v) is 3.17. The summed E-state index contributed by atoms with van der Waals surface area (Å²) in [5, 5.41) is 0.798. The number of benzene rings is 2. The molecule has 0 N–H and O–H groups in total. The summed E-state index contributed by atoms with van der Waals surface area (Å²) in [7, 11) is 0. The van der Waals surface area contributed by atoms with E-state index in [-0.39, 0.29) is 18.3 Å². The standard InChI is InChI=1S/C23H25NO5/c1-4-24(17-11-7-6-8-12-17)22(25)16(3)28-23(26)21-19(15-27-5-2)18-13-9-10-14-20(18)29-21/h6-14,16H,4-5,15H2,1-3H3/t16-/m0/s1. The van der Waals surface area contributed by atoms with Crippen LogP contribution in [0.3, 0.4) is 0 Å². The highest BCUT2D eigenvalue weighted by molar-refractivity contribution is 6.00. The fourth-order valence-electron chi connectivity index (χ4n) is 3.17. The summed E-state index contributed by atoms with van der Waals surface area (Å²) in [6, 6.07) is 16.6. The van der Waals surface area contributed by atoms with Crippen LogP contribution in [-0.2, 0) is 20.9 Å². The first-order chi connectivity index (χ1) is 14.1. The SMILES string of the molecule is CCOCc1c(C(=O)O[C@@H](C)C(=O)N(CC)c2ccccc2)oc2ccccc12. The third kappa shape index (κ3) is 4.49. The number of nitrogens with zero attached hydrogens (tertiary/aromatic N) is 1. The molecule has 0 radical (unpaired) electrons. The molecule has 29 heavy (non-hydrogen) atoms. The minimum atomic E-state index is -0.962. The highest BCUT2D eigenvalue weighted by atomic mass is 16.6. The predicted molar refractivity (Wildman–Crippen MR) is 111 cm³/mol. The Bertz CT molecular complexity index is 979. The molecular formula is C23H25NO5. The molecule has 1 aromatic heterocycles. The Morgan fingerprint density at radius 3 is 2.41 bits per heavy atom. The molecule has 1 atom stereocenters. The average Bonchev–Trinajstić information content (AvgIpc) is 3.12. The second kappa shape index (κ2) is 9.39. The van der Waals surface area contributed by atoms with Gasteiger partial charge in [-0.1, -0.05) is 36.4 Å². The summed E-state index contributed by atoms with van der Waals surface area (Å²) in [6.45, 7) is 6.52. The zero-order chi connectivity index (χ0) is 20.8. The Morgan fingerprint density at radius 1 is 1.03 bits per heavy atom. The molecule has 3 rings (SSSR count). The first-order valence-electron chi connectivity index (χ1n) is 9.72. The Hall–Kier alpha value is -3.12. The van der Waals surface area contributed by atoms with Gasteiger partial charge in [0.2, 0.25) is 5.76 Å². The zero-order valence-electron chi connectivity index (χ0n) is 16.9. The number of para-hydroxylation sites is 2. The Morgan fingerprint density at radius 2 is 1.72 bits per heavy atom. The highest BCUT2D eigenvalue weighted by Crippen LogP contribution is 2.28. The molecule has 152 valence electrons. The maximum atomic E-state index is 12.9. The molecule has 0 aliphatic rings. The van der Waals surface area contributed by atoms with Gasteiger partial charge in [-0.2, -0.15) is 0 Å². The number of ether oxygens (including phenoxy) is 2. The van der Waals surface area contributed by atoms with Gasteiger partial charge in [-0.05, 0) is 39.0 Å². The van der Waals surface area contributed by atoms with Crippen LogP contribution < -0.4 is 4.90 Å². The van der Waals surface area contributed by atoms with Crippen LogP contribution in [0.25, 0.3) is 11.0 Å². The maximum Gasteiger partial charge on any atom is 0.375 e. The van der Waals surface area contributed by atoms with Gasteiger partial charge in [-0.3, -0.25) is 4.79 Å². The second-order valence-corrected chi connectivity index (χ2v) is 6.51. The van der Waals surface area contributed by atoms with Crippen LogP contribution in [0, 0.1) is 0 Å². The lowest BCUT2D eigenvalue weighted by molar-refractivity contribution is -0.126. The number of hydrogen-bond donors (Lipinski definition) is 0. The summed E-state index contributed by atoms with van der Waals surface area (Å²) >= 11 is 0. The van der Waals surface area contributed by atoms with E-state index in [2.05, 4.69) is 0 Å². The number of anilines is 1. The third-order valence-electron chi connectivity index (χ3n) is 4.62. The molecule has 1 amide bonds. The van der Waals surface area contributed by atoms with E-state index in [4.69, 9.17) is 13.9 Å². The Balaban J connectivity index is 1.81. The number of furan rings is 1. The van der Waals surface area contributed by atoms with Crippen molar-refractivity contribution in [3.8, 4) is 0 Å². The molecule has 0 aliphatic carbocycles. The van der Waals surface area contributed by atoms with Crippen LogP contribution in [-0.4, -0.2) is 31.1 Å². The monoisotopic (exact) mass is 395 g/mol. The van der Waals surface area contributed by atoms with E-state index >= 15 is 0 Å². The topological polar surface area (TPSA) is 69.0 Å². The first-order valence-corrected chi connectivity index (χ1v) is 9.72. The van der Waals surface area contributed by atoms with Crippen LogP contribution in [0.1, 0.15) is 36.9 Å². The molecule has 6 heteroatoms. The smallest absolute Gasteiger partial charge is 0.375 e. The van der Waals surface area contributed by atoms with E-state index in [1.54, 1.807) is 17.9 Å². The van der Waals surface area contributed by atoms with E-state index < -0.39 is 12.1 Å². The number of carbonyl (C=O) groups excluding carboxylic acids is 2.